The Labute approximate surface area is 371 Å². The Morgan fingerprint density at radius 2 is 0.900 bits per heavy atom. The molecule has 0 radical (unpaired) electrons. The minimum atomic E-state index is -0.808. The Bertz CT molecular complexity index is 1120. The van der Waals surface area contributed by atoms with Crippen molar-refractivity contribution in [2.75, 3.05) is 6.61 Å². The number of nitrogens with one attached hydrogen (secondary N) is 1. The van der Waals surface area contributed by atoms with Gasteiger partial charge in [0.25, 0.3) is 0 Å². The molecule has 0 heterocycles. The van der Waals surface area contributed by atoms with Gasteiger partial charge in [0.1, 0.15) is 6.10 Å². The fourth-order valence-electron chi connectivity index (χ4n) is 7.41. The maximum atomic E-state index is 13.2. The van der Waals surface area contributed by atoms with Crippen molar-refractivity contribution < 1.29 is 24.5 Å². The lowest BCUT2D eigenvalue weighted by Crippen LogP contribution is -2.46. The highest BCUT2D eigenvalue weighted by Crippen LogP contribution is 2.17. The van der Waals surface area contributed by atoms with E-state index >= 15 is 0 Å². The lowest BCUT2D eigenvalue weighted by atomic mass is 10.0. The van der Waals surface area contributed by atoms with Gasteiger partial charge in [-0.1, -0.05) is 254 Å². The molecular weight excluding hydrogens is 743 g/mol. The van der Waals surface area contributed by atoms with E-state index in [1.54, 1.807) is 0 Å². The van der Waals surface area contributed by atoms with Crippen molar-refractivity contribution >= 4 is 11.9 Å². The van der Waals surface area contributed by atoms with Crippen LogP contribution < -0.4 is 5.32 Å². The van der Waals surface area contributed by atoms with Gasteiger partial charge in [0.2, 0.25) is 5.91 Å². The maximum Gasteiger partial charge on any atom is 0.306 e. The van der Waals surface area contributed by atoms with Gasteiger partial charge in [0, 0.05) is 6.42 Å². The molecular formula is C54H95NO5. The minimum Gasteiger partial charge on any atom is -0.462 e. The largest absolute Gasteiger partial charge is 0.462 e. The number of aliphatic hydroxyl groups is 2. The van der Waals surface area contributed by atoms with Crippen molar-refractivity contribution in [3.8, 4) is 0 Å². The lowest BCUT2D eigenvalue weighted by molar-refractivity contribution is -0.151. The van der Waals surface area contributed by atoms with Gasteiger partial charge in [-0.05, 0) is 38.5 Å². The lowest BCUT2D eigenvalue weighted by Gasteiger charge is -2.24. The number of allylic oxidation sites excluding steroid dienone is 12. The van der Waals surface area contributed by atoms with E-state index in [9.17, 15) is 19.8 Å². The number of amides is 1. The number of ether oxygens (including phenoxy) is 1. The zero-order valence-corrected chi connectivity index (χ0v) is 39.3. The molecule has 0 aromatic rings. The van der Waals surface area contributed by atoms with Crippen molar-refractivity contribution in [1.82, 2.24) is 5.32 Å². The van der Waals surface area contributed by atoms with E-state index in [-0.39, 0.29) is 24.9 Å². The summed E-state index contributed by atoms with van der Waals surface area (Å²) in [5.74, 6) is -0.547. The molecule has 0 aromatic heterocycles. The molecule has 6 heteroatoms. The minimum absolute atomic E-state index is 0.0261. The van der Waals surface area contributed by atoms with E-state index in [2.05, 4.69) is 38.2 Å². The molecule has 1 amide bonds. The molecule has 3 N–H and O–H groups in total. The van der Waals surface area contributed by atoms with Crippen LogP contribution in [0.25, 0.3) is 0 Å². The predicted molar refractivity (Wildman–Crippen MR) is 259 cm³/mol. The van der Waals surface area contributed by atoms with Crippen molar-refractivity contribution in [1.29, 1.82) is 0 Å². The molecule has 0 fully saturated rings. The third-order valence-electron chi connectivity index (χ3n) is 11.2. The number of rotatable bonds is 44. The molecule has 0 saturated heterocycles. The Balaban J connectivity index is 4.73. The highest BCUT2D eigenvalue weighted by Gasteiger charge is 2.24. The average Bonchev–Trinajstić information content (AvgIpc) is 3.24. The number of carbonyl (C=O) groups excluding carboxylic acids is 2. The van der Waals surface area contributed by atoms with E-state index in [0.29, 0.717) is 19.3 Å². The van der Waals surface area contributed by atoms with Crippen LogP contribution in [0.5, 0.6) is 0 Å². The number of aliphatic hydroxyl groups excluding tert-OH is 2. The first-order valence-electron chi connectivity index (χ1n) is 25.2. The predicted octanol–water partition coefficient (Wildman–Crippen LogP) is 15.0. The molecule has 346 valence electrons. The van der Waals surface area contributed by atoms with E-state index in [4.69, 9.17) is 4.74 Å². The zero-order chi connectivity index (χ0) is 43.8. The van der Waals surface area contributed by atoms with E-state index in [1.807, 2.05) is 60.8 Å². The molecule has 0 rings (SSSR count). The summed E-state index contributed by atoms with van der Waals surface area (Å²) < 4.78 is 5.89. The fourth-order valence-corrected chi connectivity index (χ4v) is 7.41. The summed E-state index contributed by atoms with van der Waals surface area (Å²) >= 11 is 0. The molecule has 3 atom stereocenters. The standard InChI is InChI=1S/C54H95NO5/c1-4-7-10-13-16-19-22-25-26-29-30-33-36-39-42-45-50(60-54(59)47-44-41-38-35-32-28-24-21-18-15-12-9-6-3)48-53(58)55-51(49-56)52(57)46-43-40-37-34-31-27-23-20-17-14-11-8-5-2/h7,10,13,16,19,22,25-26,29-30,33,36,50-52,56-57H,4-6,8-9,11-12,14-15,17-18,20-21,23-24,27-28,31-32,34-35,37-49H2,1-3H3,(H,55,58)/b10-7-,16-13+,22-19+,26-25-,30-29+,36-33+. The van der Waals surface area contributed by atoms with Gasteiger partial charge >= 0.3 is 5.97 Å². The van der Waals surface area contributed by atoms with Gasteiger partial charge in [0.15, 0.2) is 0 Å². The molecule has 0 saturated carbocycles. The zero-order valence-electron chi connectivity index (χ0n) is 39.3. The van der Waals surface area contributed by atoms with Crippen molar-refractivity contribution in [2.45, 2.75) is 251 Å². The van der Waals surface area contributed by atoms with Gasteiger partial charge in [-0.2, -0.15) is 0 Å². The molecule has 3 unspecified atom stereocenters. The molecule has 0 spiro atoms. The topological polar surface area (TPSA) is 95.9 Å². The van der Waals surface area contributed by atoms with Crippen LogP contribution in [-0.4, -0.2) is 46.9 Å². The highest BCUT2D eigenvalue weighted by molar-refractivity contribution is 5.77. The molecule has 6 nitrogen and oxygen atoms in total. The molecule has 60 heavy (non-hydrogen) atoms. The van der Waals surface area contributed by atoms with E-state index in [1.165, 1.54) is 128 Å². The second kappa shape index (κ2) is 47.4. The van der Waals surface area contributed by atoms with Crippen LogP contribution >= 0.6 is 0 Å². The average molecular weight is 838 g/mol. The Morgan fingerprint density at radius 1 is 0.500 bits per heavy atom. The van der Waals surface area contributed by atoms with Crippen LogP contribution in [0.4, 0.5) is 0 Å². The first-order chi connectivity index (χ1) is 29.5. The molecule has 0 aromatic carbocycles. The normalized spacial score (nSPS) is 13.9. The van der Waals surface area contributed by atoms with Crippen molar-refractivity contribution in [2.24, 2.45) is 0 Å². The van der Waals surface area contributed by atoms with Gasteiger partial charge in [-0.15, -0.1) is 0 Å². The molecule has 0 bridgehead atoms. The number of hydrogen-bond donors (Lipinski definition) is 3. The van der Waals surface area contributed by atoms with Crippen LogP contribution in [0.3, 0.4) is 0 Å². The van der Waals surface area contributed by atoms with E-state index in [0.717, 1.165) is 57.8 Å². The van der Waals surface area contributed by atoms with Gasteiger partial charge in [-0.25, -0.2) is 0 Å². The van der Waals surface area contributed by atoms with Crippen LogP contribution in [-0.2, 0) is 14.3 Å². The summed E-state index contributed by atoms with van der Waals surface area (Å²) in [7, 11) is 0. The Hall–Kier alpha value is -2.70. The third-order valence-corrected chi connectivity index (χ3v) is 11.2. The summed E-state index contributed by atoms with van der Waals surface area (Å²) in [6, 6.07) is -0.726. The summed E-state index contributed by atoms with van der Waals surface area (Å²) in [5, 5.41) is 23.7. The SMILES string of the molecule is CC\C=C/C=C/C=C/C=C\C=C\C=C\CCCC(CC(=O)NC(CO)C(O)CCCCCCCCCCCCCCC)OC(=O)CCCCCCCCCCCCCCC. The maximum absolute atomic E-state index is 13.2. The third kappa shape index (κ3) is 42.0. The number of unbranched alkanes of at least 4 members (excludes halogenated alkanes) is 25. The van der Waals surface area contributed by atoms with Crippen LogP contribution in [0.15, 0.2) is 72.9 Å². The molecule has 0 aliphatic heterocycles. The van der Waals surface area contributed by atoms with Crippen LogP contribution in [0.1, 0.15) is 233 Å². The molecule has 0 aliphatic rings. The van der Waals surface area contributed by atoms with Gasteiger partial charge in [-0.3, -0.25) is 9.59 Å². The Morgan fingerprint density at radius 3 is 1.33 bits per heavy atom. The molecule has 0 aliphatic carbocycles. The summed E-state index contributed by atoms with van der Waals surface area (Å²) in [6.07, 6.45) is 59.6. The number of hydrogen-bond acceptors (Lipinski definition) is 5. The number of esters is 1. The monoisotopic (exact) mass is 838 g/mol. The highest BCUT2D eigenvalue weighted by atomic mass is 16.5. The van der Waals surface area contributed by atoms with Crippen molar-refractivity contribution in [3.05, 3.63) is 72.9 Å². The van der Waals surface area contributed by atoms with Crippen LogP contribution in [0, 0.1) is 0 Å². The van der Waals surface area contributed by atoms with E-state index < -0.39 is 18.2 Å². The fraction of sp³-hybridized carbons (Fsp3) is 0.741. The summed E-state index contributed by atoms with van der Waals surface area (Å²) in [4.78, 5) is 26.1. The van der Waals surface area contributed by atoms with Gasteiger partial charge in [0.05, 0.1) is 25.2 Å². The first kappa shape index (κ1) is 57.3. The first-order valence-corrected chi connectivity index (χ1v) is 25.2. The number of carbonyl (C=O) groups is 2. The summed E-state index contributed by atoms with van der Waals surface area (Å²) in [6.45, 7) is 6.31. The smallest absolute Gasteiger partial charge is 0.306 e. The Kier molecular flexibility index (Phi) is 45.2. The second-order valence-corrected chi connectivity index (χ2v) is 17.0. The van der Waals surface area contributed by atoms with Crippen LogP contribution in [0.2, 0.25) is 0 Å². The van der Waals surface area contributed by atoms with Crippen molar-refractivity contribution in [3.63, 3.8) is 0 Å². The van der Waals surface area contributed by atoms with Gasteiger partial charge < -0.3 is 20.3 Å². The summed E-state index contributed by atoms with van der Waals surface area (Å²) in [5.41, 5.74) is 0. The quantitative estimate of drug-likeness (QED) is 0.0323. The second-order valence-electron chi connectivity index (χ2n) is 17.0.